The van der Waals surface area contributed by atoms with Gasteiger partial charge in [0.15, 0.2) is 8.32 Å². The number of fused-ring (bicyclic) bond motifs is 1. The van der Waals surface area contributed by atoms with Crippen LogP contribution in [0.3, 0.4) is 0 Å². The van der Waals surface area contributed by atoms with Crippen molar-refractivity contribution in [3.63, 3.8) is 0 Å². The largest absolute Gasteiger partial charge is 0.476 e. The molecule has 0 saturated carbocycles. The van der Waals surface area contributed by atoms with E-state index in [1.165, 1.54) is 18.8 Å². The summed E-state index contributed by atoms with van der Waals surface area (Å²) in [6.45, 7) is 11.8. The third-order valence-corrected chi connectivity index (χ3v) is 10.1. The number of rotatable bonds is 5. The van der Waals surface area contributed by atoms with Crippen LogP contribution in [-0.4, -0.2) is 49.3 Å². The summed E-state index contributed by atoms with van der Waals surface area (Å²) in [5, 5.41) is 9.31. The van der Waals surface area contributed by atoms with E-state index in [4.69, 9.17) is 4.43 Å². The highest BCUT2D eigenvalue weighted by atomic mass is 32.1. The van der Waals surface area contributed by atoms with Gasteiger partial charge in [-0.1, -0.05) is 20.8 Å². The molecule has 0 amide bonds. The second-order valence-electron chi connectivity index (χ2n) is 7.22. The van der Waals surface area contributed by atoms with Crippen molar-refractivity contribution in [1.82, 2.24) is 9.79 Å². The molecule has 0 spiro atoms. The minimum absolute atomic E-state index is 0.0458. The minimum atomic E-state index is -2.03. The van der Waals surface area contributed by atoms with E-state index in [9.17, 15) is 14.7 Å². The maximum absolute atomic E-state index is 11.2. The maximum atomic E-state index is 11.2. The van der Waals surface area contributed by atoms with Crippen LogP contribution >= 0.6 is 11.3 Å². The van der Waals surface area contributed by atoms with E-state index in [2.05, 4.69) is 38.8 Å². The lowest BCUT2D eigenvalue weighted by Gasteiger charge is -2.41. The van der Waals surface area contributed by atoms with Gasteiger partial charge in [-0.25, -0.2) is 9.78 Å². The van der Waals surface area contributed by atoms with Gasteiger partial charge < -0.3 is 19.1 Å². The van der Waals surface area contributed by atoms with Gasteiger partial charge in [-0.3, -0.25) is 0 Å². The summed E-state index contributed by atoms with van der Waals surface area (Å²) in [6.07, 6.45) is 0.486. The van der Waals surface area contributed by atoms with E-state index >= 15 is 0 Å². The van der Waals surface area contributed by atoms with Gasteiger partial charge in [0.05, 0.1) is 22.9 Å². The lowest BCUT2D eigenvalue weighted by atomic mass is 9.91. The van der Waals surface area contributed by atoms with Crippen LogP contribution in [0.15, 0.2) is 0 Å². The zero-order valence-electron chi connectivity index (χ0n) is 14.1. The molecule has 1 aliphatic heterocycles. The molecule has 0 aliphatic carbocycles. The average Bonchev–Trinajstić information content (AvgIpc) is 2.81. The Balaban J connectivity index is 2.34. The molecule has 0 fully saturated rings. The standard InChI is InChI=1S/C14H22BN2O4SSi/c1-14(2,3)23(4,5)21-10-7-17(15-8-18)6-9-11(10)22-12(16-9)13(19)20/h8,10H,6-7H2,1-5H3,(H,19,20). The molecular weight excluding hydrogens is 331 g/mol. The van der Waals surface area contributed by atoms with Crippen LogP contribution in [0.5, 0.6) is 0 Å². The van der Waals surface area contributed by atoms with Gasteiger partial charge in [0.25, 0.3) is 7.41 Å². The number of carbonyl (C=O) groups excluding carboxylic acids is 1. The molecule has 9 heteroatoms. The first-order valence-corrected chi connectivity index (χ1v) is 11.2. The predicted octanol–water partition coefficient (Wildman–Crippen LogP) is 2.53. The molecule has 1 N–H and O–H groups in total. The minimum Gasteiger partial charge on any atom is -0.476 e. The van der Waals surface area contributed by atoms with E-state index in [0.29, 0.717) is 18.8 Å². The number of thiazole rings is 1. The fourth-order valence-corrected chi connectivity index (χ4v) is 4.47. The fraction of sp³-hybridized carbons (Fsp3) is 0.643. The van der Waals surface area contributed by atoms with E-state index in [-0.39, 0.29) is 16.1 Å². The Morgan fingerprint density at radius 1 is 1.52 bits per heavy atom. The van der Waals surface area contributed by atoms with E-state index in [1.807, 2.05) is 4.81 Å². The second-order valence-corrected chi connectivity index (χ2v) is 13.0. The molecule has 23 heavy (non-hydrogen) atoms. The number of hydrogen-bond acceptors (Lipinski definition) is 6. The Kier molecular flexibility index (Phi) is 5.15. The molecule has 1 atom stereocenters. The molecule has 0 aromatic carbocycles. The van der Waals surface area contributed by atoms with Crippen molar-refractivity contribution >= 4 is 39.2 Å². The molecule has 6 nitrogen and oxygen atoms in total. The highest BCUT2D eigenvalue weighted by molar-refractivity contribution is 7.13. The fourth-order valence-electron chi connectivity index (χ4n) is 2.20. The molecule has 2 rings (SSSR count). The summed E-state index contributed by atoms with van der Waals surface area (Å²) < 4.78 is 6.48. The van der Waals surface area contributed by atoms with Gasteiger partial charge in [0.2, 0.25) is 5.01 Å². The first-order chi connectivity index (χ1) is 10.5. The summed E-state index contributed by atoms with van der Waals surface area (Å²) >= 11 is 1.18. The van der Waals surface area contributed by atoms with Gasteiger partial charge >= 0.3 is 5.97 Å². The Morgan fingerprint density at radius 3 is 2.70 bits per heavy atom. The van der Waals surface area contributed by atoms with E-state index in [0.717, 1.165) is 11.1 Å². The number of carboxylic acids is 1. The van der Waals surface area contributed by atoms with Crippen LogP contribution in [0, 0.1) is 0 Å². The third-order valence-electron chi connectivity index (χ3n) is 4.47. The van der Waals surface area contributed by atoms with E-state index < -0.39 is 14.3 Å². The normalized spacial score (nSPS) is 19.3. The van der Waals surface area contributed by atoms with Gasteiger partial charge in [0, 0.05) is 13.1 Å². The Bertz CT molecular complexity index is 614. The number of carboxylic acid groups (broad SMARTS) is 1. The van der Waals surface area contributed by atoms with Crippen LogP contribution < -0.4 is 0 Å². The Morgan fingerprint density at radius 2 is 2.17 bits per heavy atom. The van der Waals surface area contributed by atoms with Gasteiger partial charge in [-0.2, -0.15) is 0 Å². The van der Waals surface area contributed by atoms with Crippen molar-refractivity contribution in [2.75, 3.05) is 6.54 Å². The van der Waals surface area contributed by atoms with Crippen molar-refractivity contribution < 1.29 is 19.1 Å². The number of nitrogens with zero attached hydrogens (tertiary/aromatic N) is 2. The molecule has 1 unspecified atom stereocenters. The topological polar surface area (TPSA) is 79.7 Å². The zero-order chi connectivity index (χ0) is 17.4. The zero-order valence-corrected chi connectivity index (χ0v) is 15.9. The molecule has 1 aliphatic rings. The lowest BCUT2D eigenvalue weighted by Crippen LogP contribution is -2.46. The highest BCUT2D eigenvalue weighted by Gasteiger charge is 2.42. The van der Waals surface area contributed by atoms with Crippen LogP contribution in [-0.2, 0) is 15.8 Å². The number of aromatic carboxylic acids is 1. The maximum Gasteiger partial charge on any atom is 0.365 e. The van der Waals surface area contributed by atoms with Crippen molar-refractivity contribution in [3.8, 4) is 0 Å². The summed E-state index contributed by atoms with van der Waals surface area (Å²) in [7, 11) is -0.566. The molecule has 1 aromatic rings. The van der Waals surface area contributed by atoms with Crippen LogP contribution in [0.2, 0.25) is 18.1 Å². The van der Waals surface area contributed by atoms with Crippen LogP contribution in [0.4, 0.5) is 0 Å². The van der Waals surface area contributed by atoms with Crippen molar-refractivity contribution in [2.45, 2.75) is 51.6 Å². The first kappa shape index (κ1) is 18.3. The number of carbonyl (C=O) groups is 2. The summed E-state index contributed by atoms with van der Waals surface area (Å²) in [6, 6.07) is 0. The number of hydrogen-bond donors (Lipinski definition) is 1. The molecule has 125 valence electrons. The number of aromatic nitrogens is 1. The van der Waals surface area contributed by atoms with Gasteiger partial charge in [-0.05, 0) is 18.1 Å². The molecule has 1 aromatic heterocycles. The van der Waals surface area contributed by atoms with Crippen molar-refractivity contribution in [3.05, 3.63) is 15.6 Å². The third kappa shape index (κ3) is 3.90. The molecule has 0 bridgehead atoms. The van der Waals surface area contributed by atoms with Crippen LogP contribution in [0.1, 0.15) is 47.2 Å². The monoisotopic (exact) mass is 353 g/mol. The first-order valence-electron chi connectivity index (χ1n) is 7.48. The molecule has 2 heterocycles. The van der Waals surface area contributed by atoms with Gasteiger partial charge in [-0.15, -0.1) is 11.3 Å². The molecular formula is C14H22BN2O4SSi. The van der Waals surface area contributed by atoms with E-state index in [1.54, 1.807) is 0 Å². The Labute approximate surface area is 142 Å². The Hall–Kier alpha value is -1.03. The predicted molar refractivity (Wildman–Crippen MR) is 93.0 cm³/mol. The van der Waals surface area contributed by atoms with Crippen molar-refractivity contribution in [1.29, 1.82) is 0 Å². The lowest BCUT2D eigenvalue weighted by molar-refractivity contribution is 0.0696. The quantitative estimate of drug-likeness (QED) is 0.647. The average molecular weight is 353 g/mol. The smallest absolute Gasteiger partial charge is 0.365 e. The summed E-state index contributed by atoms with van der Waals surface area (Å²) in [4.78, 5) is 28.9. The van der Waals surface area contributed by atoms with Crippen molar-refractivity contribution in [2.24, 2.45) is 0 Å². The van der Waals surface area contributed by atoms with Crippen LogP contribution in [0.25, 0.3) is 0 Å². The summed E-state index contributed by atoms with van der Waals surface area (Å²) in [5.41, 5.74) is 0.695. The second kappa shape index (κ2) is 6.46. The molecule has 0 saturated heterocycles. The highest BCUT2D eigenvalue weighted by Crippen LogP contribution is 2.42. The SMILES string of the molecule is CC(C)(C)[Si](C)(C)OC1CN([B]C=O)Cc2nc(C(=O)O)sc21. The van der Waals surface area contributed by atoms with Gasteiger partial charge in [0.1, 0.15) is 0 Å². The molecule has 1 radical (unpaired) electrons. The summed E-state index contributed by atoms with van der Waals surface area (Å²) in [5.74, 6) is -1.03.